The highest BCUT2D eigenvalue weighted by Gasteiger charge is 2.08. The first-order valence-electron chi connectivity index (χ1n) is 5.73. The minimum atomic E-state index is -0.803. The van der Waals surface area contributed by atoms with Gasteiger partial charge in [0.1, 0.15) is 0 Å². The molecule has 5 nitrogen and oxygen atoms in total. The van der Waals surface area contributed by atoms with Crippen molar-refractivity contribution in [1.82, 2.24) is 5.32 Å². The number of nitrogens with one attached hydrogen (secondary N) is 1. The van der Waals surface area contributed by atoms with Gasteiger partial charge >= 0.3 is 5.97 Å². The number of ether oxygens (including phenoxy) is 2. The summed E-state index contributed by atoms with van der Waals surface area (Å²) in [5.41, 5.74) is 1.02. The number of carboxylic acid groups (broad SMARTS) is 1. The molecule has 0 amide bonds. The summed E-state index contributed by atoms with van der Waals surface area (Å²) in [7, 11) is 3.17. The van der Waals surface area contributed by atoms with Gasteiger partial charge in [-0.2, -0.15) is 0 Å². The van der Waals surface area contributed by atoms with Crippen LogP contribution in [0.2, 0.25) is 0 Å². The lowest BCUT2D eigenvalue weighted by molar-refractivity contribution is -0.137. The number of carboxylic acids is 1. The molecule has 1 aromatic rings. The molecule has 0 spiro atoms. The maximum Gasteiger partial charge on any atom is 0.304 e. The molecule has 0 aliphatic rings. The van der Waals surface area contributed by atoms with E-state index in [2.05, 4.69) is 5.32 Å². The minimum Gasteiger partial charge on any atom is -0.493 e. The van der Waals surface area contributed by atoms with Crippen LogP contribution >= 0.6 is 0 Å². The first kappa shape index (κ1) is 14.3. The molecule has 100 valence electrons. The summed E-state index contributed by atoms with van der Waals surface area (Å²) in [5, 5.41) is 11.8. The third kappa shape index (κ3) is 4.25. The third-order valence-electron chi connectivity index (χ3n) is 2.58. The van der Waals surface area contributed by atoms with Gasteiger partial charge < -0.3 is 19.9 Å². The Morgan fingerprint density at radius 1 is 1.33 bits per heavy atom. The van der Waals surface area contributed by atoms with Crippen LogP contribution in [-0.4, -0.2) is 31.3 Å². The molecule has 0 radical (unpaired) electrons. The van der Waals surface area contributed by atoms with Crippen LogP contribution in [0.15, 0.2) is 18.2 Å². The highest BCUT2D eigenvalue weighted by molar-refractivity contribution is 5.67. The molecule has 0 aliphatic heterocycles. The van der Waals surface area contributed by atoms with Crippen LogP contribution in [-0.2, 0) is 11.3 Å². The molecule has 0 aromatic heterocycles. The van der Waals surface area contributed by atoms with Gasteiger partial charge in [0.15, 0.2) is 11.5 Å². The summed E-state index contributed by atoms with van der Waals surface area (Å²) in [6.07, 6.45) is 0.104. The Bertz CT molecular complexity index is 406. The van der Waals surface area contributed by atoms with E-state index in [-0.39, 0.29) is 12.5 Å². The molecule has 1 rings (SSSR count). The molecule has 0 saturated heterocycles. The van der Waals surface area contributed by atoms with Crippen molar-refractivity contribution < 1.29 is 19.4 Å². The Kier molecular flexibility index (Phi) is 5.45. The van der Waals surface area contributed by atoms with Crippen molar-refractivity contribution in [1.29, 1.82) is 0 Å². The molecule has 0 bridgehead atoms. The van der Waals surface area contributed by atoms with Crippen molar-refractivity contribution in [2.75, 3.05) is 14.2 Å². The lowest BCUT2D eigenvalue weighted by Gasteiger charge is -2.13. The van der Waals surface area contributed by atoms with E-state index in [0.29, 0.717) is 18.0 Å². The molecule has 0 heterocycles. The maximum absolute atomic E-state index is 10.5. The van der Waals surface area contributed by atoms with E-state index < -0.39 is 5.97 Å². The van der Waals surface area contributed by atoms with Crippen molar-refractivity contribution in [3.63, 3.8) is 0 Å². The monoisotopic (exact) mass is 253 g/mol. The van der Waals surface area contributed by atoms with Gasteiger partial charge in [-0.05, 0) is 24.6 Å². The normalized spacial score (nSPS) is 11.9. The topological polar surface area (TPSA) is 67.8 Å². The number of rotatable bonds is 7. The standard InChI is InChI=1S/C13H19NO4/c1-9(6-13(15)16)14-8-10-4-5-11(17-2)12(7-10)18-3/h4-5,7,9,14H,6,8H2,1-3H3,(H,15,16). The first-order valence-corrected chi connectivity index (χ1v) is 5.73. The van der Waals surface area contributed by atoms with Gasteiger partial charge in [0, 0.05) is 12.6 Å². The summed E-state index contributed by atoms with van der Waals surface area (Å²) in [5.74, 6) is 0.546. The molecule has 0 saturated carbocycles. The second kappa shape index (κ2) is 6.86. The molecular formula is C13H19NO4. The number of hydrogen-bond donors (Lipinski definition) is 2. The van der Waals surface area contributed by atoms with Crippen molar-refractivity contribution in [2.45, 2.75) is 25.9 Å². The van der Waals surface area contributed by atoms with Crippen molar-refractivity contribution >= 4 is 5.97 Å². The second-order valence-electron chi connectivity index (χ2n) is 4.07. The van der Waals surface area contributed by atoms with E-state index in [0.717, 1.165) is 5.56 Å². The van der Waals surface area contributed by atoms with Gasteiger partial charge in [-0.25, -0.2) is 0 Å². The van der Waals surface area contributed by atoms with Crippen LogP contribution in [0, 0.1) is 0 Å². The molecule has 5 heteroatoms. The molecule has 1 unspecified atom stereocenters. The third-order valence-corrected chi connectivity index (χ3v) is 2.58. The molecule has 0 aliphatic carbocycles. The summed E-state index contributed by atoms with van der Waals surface area (Å²) >= 11 is 0. The molecule has 18 heavy (non-hydrogen) atoms. The maximum atomic E-state index is 10.5. The fraction of sp³-hybridized carbons (Fsp3) is 0.462. The van der Waals surface area contributed by atoms with Crippen LogP contribution in [0.3, 0.4) is 0 Å². The predicted octanol–water partition coefficient (Wildman–Crippen LogP) is 1.66. The minimum absolute atomic E-state index is 0.0735. The zero-order valence-corrected chi connectivity index (χ0v) is 10.9. The van der Waals surface area contributed by atoms with Crippen molar-refractivity contribution in [3.05, 3.63) is 23.8 Å². The Morgan fingerprint density at radius 3 is 2.56 bits per heavy atom. The van der Waals surface area contributed by atoms with Crippen LogP contribution in [0.25, 0.3) is 0 Å². The smallest absolute Gasteiger partial charge is 0.304 e. The molecule has 1 atom stereocenters. The fourth-order valence-electron chi connectivity index (χ4n) is 1.62. The van der Waals surface area contributed by atoms with E-state index >= 15 is 0 Å². The van der Waals surface area contributed by atoms with Crippen molar-refractivity contribution in [3.8, 4) is 11.5 Å². The average Bonchev–Trinajstić information content (AvgIpc) is 2.35. The average molecular weight is 253 g/mol. The van der Waals surface area contributed by atoms with Gasteiger partial charge in [-0.3, -0.25) is 4.79 Å². The summed E-state index contributed by atoms with van der Waals surface area (Å²) < 4.78 is 10.3. The summed E-state index contributed by atoms with van der Waals surface area (Å²) in [6.45, 7) is 2.43. The van der Waals surface area contributed by atoms with Crippen LogP contribution < -0.4 is 14.8 Å². The Labute approximate surface area is 107 Å². The van der Waals surface area contributed by atoms with Gasteiger partial charge in [-0.15, -0.1) is 0 Å². The lowest BCUT2D eigenvalue weighted by atomic mass is 10.1. The number of aliphatic carboxylic acids is 1. The fourth-order valence-corrected chi connectivity index (χ4v) is 1.62. The lowest BCUT2D eigenvalue weighted by Crippen LogP contribution is -2.27. The van der Waals surface area contributed by atoms with Gasteiger partial charge in [0.25, 0.3) is 0 Å². The molecule has 0 fully saturated rings. The highest BCUT2D eigenvalue weighted by Crippen LogP contribution is 2.27. The van der Waals surface area contributed by atoms with Crippen LogP contribution in [0.4, 0.5) is 0 Å². The summed E-state index contributed by atoms with van der Waals surface area (Å²) in [4.78, 5) is 10.5. The number of carbonyl (C=O) groups is 1. The molecule has 2 N–H and O–H groups in total. The molecular weight excluding hydrogens is 234 g/mol. The van der Waals surface area contributed by atoms with E-state index in [1.807, 2.05) is 25.1 Å². The Hall–Kier alpha value is -1.75. The molecule has 1 aromatic carbocycles. The van der Waals surface area contributed by atoms with Crippen molar-refractivity contribution in [2.24, 2.45) is 0 Å². The quantitative estimate of drug-likeness (QED) is 0.773. The van der Waals surface area contributed by atoms with E-state index in [9.17, 15) is 4.79 Å². The summed E-state index contributed by atoms with van der Waals surface area (Å²) in [6, 6.07) is 5.55. The SMILES string of the molecule is COc1ccc(CNC(C)CC(=O)O)cc1OC. The van der Waals surface area contributed by atoms with E-state index in [1.165, 1.54) is 0 Å². The van der Waals surface area contributed by atoms with Gasteiger partial charge in [0.05, 0.1) is 20.6 Å². The number of hydrogen-bond acceptors (Lipinski definition) is 4. The first-order chi connectivity index (χ1) is 8.56. The zero-order valence-electron chi connectivity index (χ0n) is 10.9. The van der Waals surface area contributed by atoms with E-state index in [1.54, 1.807) is 14.2 Å². The number of methoxy groups -OCH3 is 2. The Morgan fingerprint density at radius 2 is 2.00 bits per heavy atom. The largest absolute Gasteiger partial charge is 0.493 e. The van der Waals surface area contributed by atoms with Crippen LogP contribution in [0.5, 0.6) is 11.5 Å². The van der Waals surface area contributed by atoms with Gasteiger partial charge in [0.2, 0.25) is 0 Å². The highest BCUT2D eigenvalue weighted by atomic mass is 16.5. The van der Waals surface area contributed by atoms with Crippen LogP contribution in [0.1, 0.15) is 18.9 Å². The predicted molar refractivity (Wildman–Crippen MR) is 68.1 cm³/mol. The second-order valence-corrected chi connectivity index (χ2v) is 4.07. The van der Waals surface area contributed by atoms with Gasteiger partial charge in [-0.1, -0.05) is 6.07 Å². The number of benzene rings is 1. The van der Waals surface area contributed by atoms with E-state index in [4.69, 9.17) is 14.6 Å². The zero-order chi connectivity index (χ0) is 13.5. The Balaban J connectivity index is 2.60.